The number of ether oxygens (including phenoxy) is 1. The summed E-state index contributed by atoms with van der Waals surface area (Å²) in [4.78, 5) is 0. The van der Waals surface area contributed by atoms with E-state index in [1.165, 1.54) is 21.9 Å². The van der Waals surface area contributed by atoms with Crippen molar-refractivity contribution in [1.29, 1.82) is 0 Å². The molecule has 6 aromatic carbocycles. The summed E-state index contributed by atoms with van der Waals surface area (Å²) in [5.74, 6) is 1.70. The second-order valence-corrected chi connectivity index (χ2v) is 8.99. The van der Waals surface area contributed by atoms with Crippen LogP contribution in [0.3, 0.4) is 0 Å². The monoisotopic (exact) mass is 474 g/mol. The lowest BCUT2D eigenvalue weighted by Crippen LogP contribution is -1.90. The molecule has 0 amide bonds. The highest BCUT2D eigenvalue weighted by molar-refractivity contribution is 5.99. The molecule has 0 aliphatic carbocycles. The van der Waals surface area contributed by atoms with Crippen molar-refractivity contribution < 1.29 is 4.74 Å². The van der Waals surface area contributed by atoms with E-state index in [-0.39, 0.29) is 0 Å². The minimum Gasteiger partial charge on any atom is -0.456 e. The van der Waals surface area contributed by atoms with Gasteiger partial charge in [0.25, 0.3) is 0 Å². The molecule has 176 valence electrons. The average molecular weight is 475 g/mol. The Balaban J connectivity index is 1.36. The van der Waals surface area contributed by atoms with E-state index in [1.807, 2.05) is 12.1 Å². The normalized spacial score (nSPS) is 11.6. The van der Waals surface area contributed by atoms with Gasteiger partial charge in [-0.25, -0.2) is 0 Å². The SMILES string of the molecule is C(=Cc1ccc(Oc2ccc(C=Cc3ccccc3)c3ccccc23)c2ccccc12)c1ccccc1. The van der Waals surface area contributed by atoms with Crippen molar-refractivity contribution in [3.8, 4) is 11.5 Å². The van der Waals surface area contributed by atoms with Crippen LogP contribution < -0.4 is 4.74 Å². The lowest BCUT2D eigenvalue weighted by atomic mass is 10.0. The molecular weight excluding hydrogens is 448 g/mol. The van der Waals surface area contributed by atoms with Crippen LogP contribution in [0.2, 0.25) is 0 Å². The zero-order valence-corrected chi connectivity index (χ0v) is 20.4. The third-order valence-electron chi connectivity index (χ3n) is 6.57. The van der Waals surface area contributed by atoms with Crippen LogP contribution >= 0.6 is 0 Å². The maximum Gasteiger partial charge on any atom is 0.135 e. The highest BCUT2D eigenvalue weighted by atomic mass is 16.5. The van der Waals surface area contributed by atoms with Crippen LogP contribution in [0.4, 0.5) is 0 Å². The van der Waals surface area contributed by atoms with Crippen LogP contribution in [0.1, 0.15) is 22.3 Å². The first-order chi connectivity index (χ1) is 18.3. The van der Waals surface area contributed by atoms with Crippen LogP contribution in [-0.2, 0) is 0 Å². The smallest absolute Gasteiger partial charge is 0.135 e. The summed E-state index contributed by atoms with van der Waals surface area (Å²) in [5, 5.41) is 4.52. The quantitative estimate of drug-likeness (QED) is 0.218. The molecule has 1 nitrogen and oxygen atoms in total. The van der Waals surface area contributed by atoms with Gasteiger partial charge in [-0.15, -0.1) is 0 Å². The van der Waals surface area contributed by atoms with E-state index in [9.17, 15) is 0 Å². The highest BCUT2D eigenvalue weighted by Gasteiger charge is 2.10. The fourth-order valence-electron chi connectivity index (χ4n) is 4.68. The Morgan fingerprint density at radius 1 is 0.324 bits per heavy atom. The van der Waals surface area contributed by atoms with Gasteiger partial charge in [0.1, 0.15) is 11.5 Å². The van der Waals surface area contributed by atoms with Crippen LogP contribution in [0, 0.1) is 0 Å². The third-order valence-corrected chi connectivity index (χ3v) is 6.57. The molecular formula is C36H26O. The van der Waals surface area contributed by atoms with Crippen molar-refractivity contribution in [2.75, 3.05) is 0 Å². The van der Waals surface area contributed by atoms with Crippen molar-refractivity contribution in [2.24, 2.45) is 0 Å². The third kappa shape index (κ3) is 4.94. The van der Waals surface area contributed by atoms with Crippen molar-refractivity contribution in [3.05, 3.63) is 156 Å². The minimum atomic E-state index is 0.852. The number of benzene rings is 6. The maximum atomic E-state index is 6.59. The Labute approximate surface area is 217 Å². The van der Waals surface area contributed by atoms with Gasteiger partial charge < -0.3 is 4.74 Å². The first-order valence-corrected chi connectivity index (χ1v) is 12.5. The first-order valence-electron chi connectivity index (χ1n) is 12.5. The van der Waals surface area contributed by atoms with E-state index in [1.54, 1.807) is 0 Å². The number of hydrogen-bond donors (Lipinski definition) is 0. The molecule has 0 fully saturated rings. The second-order valence-electron chi connectivity index (χ2n) is 8.99. The molecule has 0 radical (unpaired) electrons. The summed E-state index contributed by atoms with van der Waals surface area (Å²) in [6.45, 7) is 0. The Bertz CT molecular complexity index is 1600. The maximum absolute atomic E-state index is 6.59. The number of hydrogen-bond acceptors (Lipinski definition) is 1. The molecule has 0 atom stereocenters. The Hall–Kier alpha value is -4.88. The fraction of sp³-hybridized carbons (Fsp3) is 0. The molecule has 1 heteroatoms. The van der Waals surface area contributed by atoms with Crippen molar-refractivity contribution >= 4 is 45.8 Å². The molecule has 0 aromatic heterocycles. The molecule has 0 unspecified atom stereocenters. The second kappa shape index (κ2) is 10.4. The van der Waals surface area contributed by atoms with Gasteiger partial charge in [0.05, 0.1) is 0 Å². The van der Waals surface area contributed by atoms with Gasteiger partial charge in [-0.1, -0.05) is 146 Å². The number of fused-ring (bicyclic) bond motifs is 2. The van der Waals surface area contributed by atoms with Crippen LogP contribution in [0.25, 0.3) is 45.8 Å². The van der Waals surface area contributed by atoms with E-state index < -0.39 is 0 Å². The molecule has 6 aromatic rings. The van der Waals surface area contributed by atoms with E-state index in [2.05, 4.69) is 146 Å². The van der Waals surface area contributed by atoms with Crippen molar-refractivity contribution in [1.82, 2.24) is 0 Å². The summed E-state index contributed by atoms with van der Waals surface area (Å²) >= 11 is 0. The van der Waals surface area contributed by atoms with Gasteiger partial charge in [0.2, 0.25) is 0 Å². The molecule has 0 saturated carbocycles. The predicted octanol–water partition coefficient (Wildman–Crippen LogP) is 10.1. The fourth-order valence-corrected chi connectivity index (χ4v) is 4.68. The van der Waals surface area contributed by atoms with Gasteiger partial charge in [-0.2, -0.15) is 0 Å². The van der Waals surface area contributed by atoms with Gasteiger partial charge >= 0.3 is 0 Å². The molecule has 0 N–H and O–H groups in total. The molecule has 37 heavy (non-hydrogen) atoms. The Morgan fingerprint density at radius 2 is 0.703 bits per heavy atom. The summed E-state index contributed by atoms with van der Waals surface area (Å²) < 4.78 is 6.59. The number of rotatable bonds is 6. The van der Waals surface area contributed by atoms with Gasteiger partial charge in [-0.3, -0.25) is 0 Å². The van der Waals surface area contributed by atoms with Crippen LogP contribution in [0.15, 0.2) is 133 Å². The standard InChI is InChI=1S/C36H26O/c1-3-11-27(12-4-1)19-21-29-23-25-35(33-17-9-7-15-31(29)33)37-36-26-24-30(32-16-8-10-18-34(32)36)22-20-28-13-5-2-6-14-28/h1-26H. The summed E-state index contributed by atoms with van der Waals surface area (Å²) in [5.41, 5.74) is 4.69. The van der Waals surface area contributed by atoms with Crippen molar-refractivity contribution in [3.63, 3.8) is 0 Å². The summed E-state index contributed by atoms with van der Waals surface area (Å²) in [6, 6.07) is 46.0. The molecule has 0 saturated heterocycles. The summed E-state index contributed by atoms with van der Waals surface area (Å²) in [7, 11) is 0. The Morgan fingerprint density at radius 3 is 1.14 bits per heavy atom. The molecule has 6 rings (SSSR count). The molecule has 0 aliphatic heterocycles. The van der Waals surface area contributed by atoms with E-state index in [0.29, 0.717) is 0 Å². The Kier molecular flexibility index (Phi) is 6.34. The van der Waals surface area contributed by atoms with Gasteiger partial charge in [0.15, 0.2) is 0 Å². The average Bonchev–Trinajstić information content (AvgIpc) is 2.97. The summed E-state index contributed by atoms with van der Waals surface area (Å²) in [6.07, 6.45) is 8.64. The molecule has 0 heterocycles. The van der Waals surface area contributed by atoms with E-state index >= 15 is 0 Å². The van der Waals surface area contributed by atoms with Crippen LogP contribution in [0.5, 0.6) is 11.5 Å². The predicted molar refractivity (Wildman–Crippen MR) is 159 cm³/mol. The van der Waals surface area contributed by atoms with Crippen LogP contribution in [-0.4, -0.2) is 0 Å². The topological polar surface area (TPSA) is 9.23 Å². The zero-order chi connectivity index (χ0) is 24.9. The highest BCUT2D eigenvalue weighted by Crippen LogP contribution is 2.37. The molecule has 0 bridgehead atoms. The lowest BCUT2D eigenvalue weighted by molar-refractivity contribution is 0.494. The minimum absolute atomic E-state index is 0.852. The molecule has 0 spiro atoms. The van der Waals surface area contributed by atoms with E-state index in [0.717, 1.165) is 33.4 Å². The lowest BCUT2D eigenvalue weighted by Gasteiger charge is -2.14. The first kappa shape index (κ1) is 22.6. The molecule has 0 aliphatic rings. The zero-order valence-electron chi connectivity index (χ0n) is 20.4. The van der Waals surface area contributed by atoms with E-state index in [4.69, 9.17) is 4.74 Å². The van der Waals surface area contributed by atoms with Gasteiger partial charge in [-0.05, 0) is 45.2 Å². The van der Waals surface area contributed by atoms with Crippen molar-refractivity contribution in [2.45, 2.75) is 0 Å². The van der Waals surface area contributed by atoms with Gasteiger partial charge in [0, 0.05) is 10.8 Å². The largest absolute Gasteiger partial charge is 0.456 e.